The minimum atomic E-state index is 0.261. The Bertz CT molecular complexity index is 630. The standard InChI is InChI=1S/C18H24N2O/c1-18(19-2)9-11-20(12-10-18)13-16-15-6-4-3-5-14(15)7-8-17(16)21/h3-8,19,21H,9-13H2,1-2H3. The monoisotopic (exact) mass is 284 g/mol. The highest BCUT2D eigenvalue weighted by atomic mass is 16.3. The lowest BCUT2D eigenvalue weighted by Gasteiger charge is -2.39. The lowest BCUT2D eigenvalue weighted by atomic mass is 9.89. The molecular weight excluding hydrogens is 260 g/mol. The number of hydrogen-bond acceptors (Lipinski definition) is 3. The van der Waals surface area contributed by atoms with Gasteiger partial charge in [0.1, 0.15) is 5.75 Å². The van der Waals surface area contributed by atoms with Gasteiger partial charge in [0.05, 0.1) is 0 Å². The fraction of sp³-hybridized carbons (Fsp3) is 0.444. The number of likely N-dealkylation sites (tertiary alicyclic amines) is 1. The molecule has 0 unspecified atom stereocenters. The van der Waals surface area contributed by atoms with Crippen LogP contribution in [0.4, 0.5) is 0 Å². The Balaban J connectivity index is 1.81. The van der Waals surface area contributed by atoms with Crippen molar-refractivity contribution in [2.75, 3.05) is 20.1 Å². The van der Waals surface area contributed by atoms with Crippen LogP contribution < -0.4 is 5.32 Å². The number of fused-ring (bicyclic) bond motifs is 1. The van der Waals surface area contributed by atoms with Crippen LogP contribution in [-0.2, 0) is 6.54 Å². The average Bonchev–Trinajstić information content (AvgIpc) is 2.52. The number of phenolic OH excluding ortho intramolecular Hbond substituents is 1. The highest BCUT2D eigenvalue weighted by Crippen LogP contribution is 2.30. The van der Waals surface area contributed by atoms with Crippen molar-refractivity contribution in [1.29, 1.82) is 0 Å². The molecule has 3 rings (SSSR count). The largest absolute Gasteiger partial charge is 0.508 e. The molecule has 3 nitrogen and oxygen atoms in total. The molecule has 2 N–H and O–H groups in total. The van der Waals surface area contributed by atoms with Crippen LogP contribution in [0.15, 0.2) is 36.4 Å². The fourth-order valence-electron chi connectivity index (χ4n) is 3.17. The highest BCUT2D eigenvalue weighted by Gasteiger charge is 2.28. The van der Waals surface area contributed by atoms with Crippen molar-refractivity contribution in [3.05, 3.63) is 42.0 Å². The third kappa shape index (κ3) is 2.89. The molecule has 0 atom stereocenters. The molecule has 0 aromatic heterocycles. The van der Waals surface area contributed by atoms with Gasteiger partial charge in [-0.25, -0.2) is 0 Å². The van der Waals surface area contributed by atoms with Crippen LogP contribution in [0.2, 0.25) is 0 Å². The number of piperidine rings is 1. The third-order valence-corrected chi connectivity index (χ3v) is 4.96. The first-order valence-electron chi connectivity index (χ1n) is 7.72. The highest BCUT2D eigenvalue weighted by molar-refractivity contribution is 5.87. The van der Waals surface area contributed by atoms with Gasteiger partial charge in [-0.05, 0) is 43.7 Å². The number of phenols is 1. The van der Waals surface area contributed by atoms with Crippen LogP contribution in [0.5, 0.6) is 5.75 Å². The first kappa shape index (κ1) is 14.4. The van der Waals surface area contributed by atoms with Gasteiger partial charge in [0.2, 0.25) is 0 Å². The second-order valence-electron chi connectivity index (χ2n) is 6.37. The predicted molar refractivity (Wildman–Crippen MR) is 87.6 cm³/mol. The third-order valence-electron chi connectivity index (χ3n) is 4.96. The molecule has 21 heavy (non-hydrogen) atoms. The quantitative estimate of drug-likeness (QED) is 0.909. The normalized spacial score (nSPS) is 19.0. The van der Waals surface area contributed by atoms with Gasteiger partial charge in [-0.1, -0.05) is 30.3 Å². The minimum absolute atomic E-state index is 0.261. The number of aromatic hydroxyl groups is 1. The van der Waals surface area contributed by atoms with Crippen LogP contribution in [-0.4, -0.2) is 35.7 Å². The summed E-state index contributed by atoms with van der Waals surface area (Å²) >= 11 is 0. The predicted octanol–water partition coefficient (Wildman–Crippen LogP) is 3.12. The van der Waals surface area contributed by atoms with E-state index in [-0.39, 0.29) is 5.54 Å². The summed E-state index contributed by atoms with van der Waals surface area (Å²) < 4.78 is 0. The summed E-state index contributed by atoms with van der Waals surface area (Å²) in [4.78, 5) is 2.45. The molecule has 1 aliphatic heterocycles. The molecule has 112 valence electrons. The van der Waals surface area contributed by atoms with Gasteiger partial charge < -0.3 is 10.4 Å². The zero-order chi connectivity index (χ0) is 14.9. The SMILES string of the molecule is CNC1(C)CCN(Cc2c(O)ccc3ccccc23)CC1. The van der Waals surface area contributed by atoms with E-state index < -0.39 is 0 Å². The van der Waals surface area contributed by atoms with Crippen LogP contribution in [0.1, 0.15) is 25.3 Å². The van der Waals surface area contributed by atoms with E-state index in [9.17, 15) is 5.11 Å². The Morgan fingerprint density at radius 2 is 1.86 bits per heavy atom. The Morgan fingerprint density at radius 1 is 1.14 bits per heavy atom. The molecule has 1 saturated heterocycles. The van der Waals surface area contributed by atoms with Gasteiger partial charge >= 0.3 is 0 Å². The molecule has 0 saturated carbocycles. The van der Waals surface area contributed by atoms with Gasteiger partial charge in [0.15, 0.2) is 0 Å². The molecule has 1 aliphatic rings. The van der Waals surface area contributed by atoms with Crippen LogP contribution >= 0.6 is 0 Å². The summed E-state index contributed by atoms with van der Waals surface area (Å²) in [7, 11) is 2.05. The number of nitrogens with zero attached hydrogens (tertiary/aromatic N) is 1. The van der Waals surface area contributed by atoms with Gasteiger partial charge in [-0.2, -0.15) is 0 Å². The van der Waals surface area contributed by atoms with Crippen molar-refractivity contribution < 1.29 is 5.11 Å². The summed E-state index contributed by atoms with van der Waals surface area (Å²) in [6.45, 7) is 5.26. The van der Waals surface area contributed by atoms with E-state index in [4.69, 9.17) is 0 Å². The second-order valence-corrected chi connectivity index (χ2v) is 6.37. The van der Waals surface area contributed by atoms with Crippen molar-refractivity contribution in [2.24, 2.45) is 0 Å². The van der Waals surface area contributed by atoms with E-state index in [2.05, 4.69) is 29.3 Å². The lowest BCUT2D eigenvalue weighted by molar-refractivity contribution is 0.146. The number of nitrogens with one attached hydrogen (secondary N) is 1. The Hall–Kier alpha value is -1.58. The minimum Gasteiger partial charge on any atom is -0.508 e. The maximum absolute atomic E-state index is 10.2. The molecule has 0 radical (unpaired) electrons. The van der Waals surface area contributed by atoms with Crippen molar-refractivity contribution in [3.63, 3.8) is 0 Å². The van der Waals surface area contributed by atoms with Crippen molar-refractivity contribution in [3.8, 4) is 5.75 Å². The molecule has 2 aromatic carbocycles. The summed E-state index contributed by atoms with van der Waals surface area (Å²) in [5, 5.41) is 16.0. The summed E-state index contributed by atoms with van der Waals surface area (Å²) in [5.41, 5.74) is 1.32. The van der Waals surface area contributed by atoms with Gasteiger partial charge in [-0.3, -0.25) is 4.90 Å². The van der Waals surface area contributed by atoms with Crippen LogP contribution in [0.25, 0.3) is 10.8 Å². The number of benzene rings is 2. The zero-order valence-electron chi connectivity index (χ0n) is 12.9. The van der Waals surface area contributed by atoms with Crippen molar-refractivity contribution in [1.82, 2.24) is 10.2 Å². The topological polar surface area (TPSA) is 35.5 Å². The molecule has 1 fully saturated rings. The molecule has 0 bridgehead atoms. The molecule has 0 spiro atoms. The Labute approximate surface area is 126 Å². The van der Waals surface area contributed by atoms with Crippen molar-refractivity contribution in [2.45, 2.75) is 31.8 Å². The zero-order valence-corrected chi connectivity index (χ0v) is 12.9. The second kappa shape index (κ2) is 5.66. The molecular formula is C18H24N2O. The van der Waals surface area contributed by atoms with Gasteiger partial charge in [-0.15, -0.1) is 0 Å². The van der Waals surface area contributed by atoms with Crippen molar-refractivity contribution >= 4 is 10.8 Å². The molecule has 2 aromatic rings. The summed E-state index contributed by atoms with van der Waals surface area (Å²) in [6, 6.07) is 12.1. The molecule has 0 amide bonds. The summed E-state index contributed by atoms with van der Waals surface area (Å²) in [5.74, 6) is 0.413. The van der Waals surface area contributed by atoms with Gasteiger partial charge in [0.25, 0.3) is 0 Å². The molecule has 0 aliphatic carbocycles. The van der Waals surface area contributed by atoms with E-state index in [1.54, 1.807) is 0 Å². The Kier molecular flexibility index (Phi) is 3.87. The lowest BCUT2D eigenvalue weighted by Crippen LogP contribution is -2.49. The summed E-state index contributed by atoms with van der Waals surface area (Å²) in [6.07, 6.45) is 2.30. The number of rotatable bonds is 3. The van der Waals surface area contributed by atoms with Crippen LogP contribution in [0, 0.1) is 0 Å². The smallest absolute Gasteiger partial charge is 0.120 e. The van der Waals surface area contributed by atoms with E-state index in [1.807, 2.05) is 31.3 Å². The van der Waals surface area contributed by atoms with E-state index in [0.717, 1.165) is 38.0 Å². The maximum Gasteiger partial charge on any atom is 0.120 e. The number of hydrogen-bond donors (Lipinski definition) is 2. The first-order chi connectivity index (χ1) is 10.1. The molecule has 1 heterocycles. The van der Waals surface area contributed by atoms with E-state index in [1.165, 1.54) is 10.8 Å². The van der Waals surface area contributed by atoms with Gasteiger partial charge in [0, 0.05) is 30.7 Å². The van der Waals surface area contributed by atoms with Crippen LogP contribution in [0.3, 0.4) is 0 Å². The maximum atomic E-state index is 10.2. The van der Waals surface area contributed by atoms with E-state index >= 15 is 0 Å². The fourth-order valence-corrected chi connectivity index (χ4v) is 3.17. The van der Waals surface area contributed by atoms with E-state index in [0.29, 0.717) is 5.75 Å². The first-order valence-corrected chi connectivity index (χ1v) is 7.72. The average molecular weight is 284 g/mol. The Morgan fingerprint density at radius 3 is 2.57 bits per heavy atom. The molecule has 3 heteroatoms.